The number of amides is 1. The normalized spacial score (nSPS) is 19.9. The Morgan fingerprint density at radius 2 is 1.91 bits per heavy atom. The first-order valence-electron chi connectivity index (χ1n) is 7.63. The number of methoxy groups -OCH3 is 1. The van der Waals surface area contributed by atoms with E-state index >= 15 is 0 Å². The number of nitrogens with zero attached hydrogens (tertiary/aromatic N) is 2. The van der Waals surface area contributed by atoms with Crippen molar-refractivity contribution in [1.82, 2.24) is 9.80 Å². The van der Waals surface area contributed by atoms with Crippen LogP contribution in [0, 0.1) is 0 Å². The lowest BCUT2D eigenvalue weighted by atomic mass is 10.1. The molecule has 1 saturated heterocycles. The first kappa shape index (κ1) is 18.7. The molecular weight excluding hydrogens is 288 g/mol. The van der Waals surface area contributed by atoms with Crippen molar-refractivity contribution in [2.45, 2.75) is 39.3 Å². The Bertz CT molecular complexity index is 381. The first-order valence-corrected chi connectivity index (χ1v) is 7.63. The van der Waals surface area contributed by atoms with E-state index in [1.165, 1.54) is 0 Å². The van der Waals surface area contributed by atoms with Crippen molar-refractivity contribution in [3.63, 3.8) is 0 Å². The van der Waals surface area contributed by atoms with Crippen molar-refractivity contribution in [3.8, 4) is 0 Å². The number of esters is 1. The van der Waals surface area contributed by atoms with Crippen molar-refractivity contribution in [2.24, 2.45) is 0 Å². The van der Waals surface area contributed by atoms with Crippen LogP contribution in [0.25, 0.3) is 0 Å². The average Bonchev–Trinajstić information content (AvgIpc) is 2.39. The Hall–Kier alpha value is -1.34. The predicted octanol–water partition coefficient (Wildman–Crippen LogP) is 1.12. The van der Waals surface area contributed by atoms with E-state index in [2.05, 4.69) is 0 Å². The van der Waals surface area contributed by atoms with Crippen molar-refractivity contribution in [2.75, 3.05) is 46.5 Å². The first-order chi connectivity index (χ1) is 10.3. The highest BCUT2D eigenvalue weighted by molar-refractivity contribution is 5.72. The van der Waals surface area contributed by atoms with Crippen LogP contribution >= 0.6 is 0 Å². The number of rotatable bonds is 5. The highest BCUT2D eigenvalue weighted by Crippen LogP contribution is 2.15. The van der Waals surface area contributed by atoms with E-state index in [9.17, 15) is 9.59 Å². The quantitative estimate of drug-likeness (QED) is 0.708. The van der Waals surface area contributed by atoms with Crippen LogP contribution in [0.3, 0.4) is 0 Å². The van der Waals surface area contributed by atoms with Crippen molar-refractivity contribution in [1.29, 1.82) is 0 Å². The summed E-state index contributed by atoms with van der Waals surface area (Å²) in [6.45, 7) is 9.92. The van der Waals surface area contributed by atoms with Gasteiger partial charge in [0.2, 0.25) is 0 Å². The molecule has 0 aliphatic carbocycles. The summed E-state index contributed by atoms with van der Waals surface area (Å²) in [7, 11) is 1.61. The minimum absolute atomic E-state index is 0.0457. The second-order valence-corrected chi connectivity index (χ2v) is 6.31. The maximum Gasteiger partial charge on any atom is 0.410 e. The molecule has 0 N–H and O–H groups in total. The standard InChI is InChI=1S/C15H28N2O5/c1-6-21-13(18)10-16-7-8-17(9-12(16)11-20-5)14(19)22-15(2,3)4/h12H,6-11H2,1-5H3/t12-/m0/s1. The summed E-state index contributed by atoms with van der Waals surface area (Å²) in [5.41, 5.74) is -0.518. The van der Waals surface area contributed by atoms with E-state index in [-0.39, 0.29) is 24.6 Å². The summed E-state index contributed by atoms with van der Waals surface area (Å²) in [4.78, 5) is 27.5. The summed E-state index contributed by atoms with van der Waals surface area (Å²) in [5, 5.41) is 0. The Kier molecular flexibility index (Phi) is 7.09. The van der Waals surface area contributed by atoms with E-state index < -0.39 is 5.60 Å². The zero-order valence-corrected chi connectivity index (χ0v) is 14.3. The van der Waals surface area contributed by atoms with Gasteiger partial charge in [0.25, 0.3) is 0 Å². The van der Waals surface area contributed by atoms with Crippen LogP contribution in [0.15, 0.2) is 0 Å². The third-order valence-corrected chi connectivity index (χ3v) is 3.25. The van der Waals surface area contributed by atoms with Gasteiger partial charge < -0.3 is 19.1 Å². The molecule has 128 valence electrons. The number of carbonyl (C=O) groups is 2. The molecule has 0 radical (unpaired) electrons. The Morgan fingerprint density at radius 3 is 2.45 bits per heavy atom. The average molecular weight is 316 g/mol. The largest absolute Gasteiger partial charge is 0.465 e. The lowest BCUT2D eigenvalue weighted by Crippen LogP contribution is -2.58. The van der Waals surface area contributed by atoms with Gasteiger partial charge in [-0.2, -0.15) is 0 Å². The summed E-state index contributed by atoms with van der Waals surface area (Å²) >= 11 is 0. The summed E-state index contributed by atoms with van der Waals surface area (Å²) in [6.07, 6.45) is -0.329. The molecule has 1 fully saturated rings. The monoisotopic (exact) mass is 316 g/mol. The minimum Gasteiger partial charge on any atom is -0.465 e. The molecule has 22 heavy (non-hydrogen) atoms. The molecule has 1 atom stereocenters. The second kappa shape index (κ2) is 8.33. The summed E-state index contributed by atoms with van der Waals surface area (Å²) in [6, 6.07) is -0.0457. The fourth-order valence-electron chi connectivity index (χ4n) is 2.32. The maximum absolute atomic E-state index is 12.1. The number of ether oxygens (including phenoxy) is 3. The lowest BCUT2D eigenvalue weighted by molar-refractivity contribution is -0.146. The summed E-state index contributed by atoms with van der Waals surface area (Å²) in [5.74, 6) is -0.255. The van der Waals surface area contributed by atoms with Crippen molar-refractivity contribution >= 4 is 12.1 Å². The number of carbonyl (C=O) groups excluding carboxylic acids is 2. The third kappa shape index (κ3) is 6.19. The third-order valence-electron chi connectivity index (χ3n) is 3.25. The number of piperazine rings is 1. The zero-order chi connectivity index (χ0) is 16.8. The molecule has 0 spiro atoms. The lowest BCUT2D eigenvalue weighted by Gasteiger charge is -2.40. The predicted molar refractivity (Wildman–Crippen MR) is 81.7 cm³/mol. The van der Waals surface area contributed by atoms with Crippen molar-refractivity contribution in [3.05, 3.63) is 0 Å². The molecule has 7 nitrogen and oxygen atoms in total. The van der Waals surface area contributed by atoms with Gasteiger partial charge >= 0.3 is 12.1 Å². The van der Waals surface area contributed by atoms with Gasteiger partial charge in [0, 0.05) is 26.7 Å². The number of hydrogen-bond acceptors (Lipinski definition) is 6. The molecule has 0 aromatic carbocycles. The van der Waals surface area contributed by atoms with Gasteiger partial charge in [-0.05, 0) is 27.7 Å². The van der Waals surface area contributed by atoms with Gasteiger partial charge in [0.15, 0.2) is 0 Å². The van der Waals surface area contributed by atoms with Gasteiger partial charge in [0.1, 0.15) is 5.60 Å². The van der Waals surface area contributed by atoms with Crippen molar-refractivity contribution < 1.29 is 23.8 Å². The van der Waals surface area contributed by atoms with Gasteiger partial charge in [-0.1, -0.05) is 0 Å². The molecule has 1 aliphatic heterocycles. The van der Waals surface area contributed by atoms with Crippen LogP contribution in [0.1, 0.15) is 27.7 Å². The molecule has 0 aromatic rings. The van der Waals surface area contributed by atoms with E-state index in [1.54, 1.807) is 18.9 Å². The van der Waals surface area contributed by atoms with Crippen LogP contribution in [0.5, 0.6) is 0 Å². The van der Waals surface area contributed by atoms with Gasteiger partial charge in [-0.15, -0.1) is 0 Å². The molecule has 7 heteroatoms. The van der Waals surface area contributed by atoms with E-state index in [0.717, 1.165) is 0 Å². The highest BCUT2D eigenvalue weighted by Gasteiger charge is 2.32. The van der Waals surface area contributed by atoms with Gasteiger partial charge in [0.05, 0.1) is 25.8 Å². The number of hydrogen-bond donors (Lipinski definition) is 0. The topological polar surface area (TPSA) is 68.3 Å². The fraction of sp³-hybridized carbons (Fsp3) is 0.867. The molecule has 1 heterocycles. The molecular formula is C15H28N2O5. The maximum atomic E-state index is 12.1. The Morgan fingerprint density at radius 1 is 1.23 bits per heavy atom. The van der Waals surface area contributed by atoms with Crippen LogP contribution in [0.2, 0.25) is 0 Å². The van der Waals surface area contributed by atoms with Gasteiger partial charge in [-0.3, -0.25) is 9.69 Å². The van der Waals surface area contributed by atoms with E-state index in [1.807, 2.05) is 25.7 Å². The zero-order valence-electron chi connectivity index (χ0n) is 14.3. The van der Waals surface area contributed by atoms with Crippen LogP contribution in [-0.2, 0) is 19.0 Å². The van der Waals surface area contributed by atoms with Gasteiger partial charge in [-0.25, -0.2) is 4.79 Å². The Balaban J connectivity index is 2.62. The van der Waals surface area contributed by atoms with Crippen LogP contribution in [-0.4, -0.2) is 80.0 Å². The SMILES string of the molecule is CCOC(=O)CN1CCN(C(=O)OC(C)(C)C)C[C@H]1COC. The summed E-state index contributed by atoms with van der Waals surface area (Å²) < 4.78 is 15.6. The molecule has 1 amide bonds. The molecule has 0 bridgehead atoms. The smallest absolute Gasteiger partial charge is 0.410 e. The second-order valence-electron chi connectivity index (χ2n) is 6.31. The fourth-order valence-corrected chi connectivity index (χ4v) is 2.32. The highest BCUT2D eigenvalue weighted by atomic mass is 16.6. The molecule has 0 aromatic heterocycles. The molecule has 1 aliphatic rings. The van der Waals surface area contributed by atoms with Crippen LogP contribution < -0.4 is 0 Å². The minimum atomic E-state index is -0.518. The van der Waals surface area contributed by atoms with E-state index in [4.69, 9.17) is 14.2 Å². The Labute approximate surface area is 132 Å². The molecule has 1 rings (SSSR count). The molecule has 0 unspecified atom stereocenters. The van der Waals surface area contributed by atoms with E-state index in [0.29, 0.717) is 32.8 Å². The van der Waals surface area contributed by atoms with Crippen LogP contribution in [0.4, 0.5) is 4.79 Å². The molecule has 0 saturated carbocycles.